The first kappa shape index (κ1) is 16.7. The summed E-state index contributed by atoms with van der Waals surface area (Å²) >= 11 is 0. The van der Waals surface area contributed by atoms with Crippen LogP contribution in [0.5, 0.6) is 5.75 Å². The Kier molecular flexibility index (Phi) is 3.90. The summed E-state index contributed by atoms with van der Waals surface area (Å²) in [7, 11) is 2.17. The van der Waals surface area contributed by atoms with Crippen LogP contribution in [0.2, 0.25) is 0 Å². The molecule has 0 saturated carbocycles. The Balaban J connectivity index is 1.63. The van der Waals surface area contributed by atoms with E-state index < -0.39 is 0 Å². The molecule has 1 aliphatic heterocycles. The Bertz CT molecular complexity index is 1030. The number of phenols is 1. The van der Waals surface area contributed by atoms with E-state index in [1.807, 2.05) is 12.4 Å². The lowest BCUT2D eigenvalue weighted by Crippen LogP contribution is -2.33. The molecule has 1 aromatic carbocycles. The Morgan fingerprint density at radius 1 is 1.22 bits per heavy atom. The van der Waals surface area contributed by atoms with Crippen molar-refractivity contribution in [1.82, 2.24) is 24.6 Å². The molecule has 1 aliphatic carbocycles. The van der Waals surface area contributed by atoms with Crippen molar-refractivity contribution in [3.63, 3.8) is 0 Å². The summed E-state index contributed by atoms with van der Waals surface area (Å²) in [6, 6.07) is 4.48. The molecule has 2 aromatic heterocycles. The van der Waals surface area contributed by atoms with E-state index in [2.05, 4.69) is 39.7 Å². The largest absolute Gasteiger partial charge is 0.507 e. The Morgan fingerprint density at radius 2 is 2.11 bits per heavy atom. The summed E-state index contributed by atoms with van der Waals surface area (Å²) in [6.45, 7) is 4.28. The van der Waals surface area contributed by atoms with Crippen LogP contribution in [-0.4, -0.2) is 49.9 Å². The molecule has 5 rings (SSSR count). The topological polar surface area (TPSA) is 67.1 Å². The van der Waals surface area contributed by atoms with Crippen molar-refractivity contribution in [2.45, 2.75) is 45.1 Å². The molecule has 1 atom stereocenters. The number of hydrogen-bond donors (Lipinski definition) is 1. The van der Waals surface area contributed by atoms with Crippen molar-refractivity contribution in [2.75, 3.05) is 20.1 Å². The molecule has 1 fully saturated rings. The van der Waals surface area contributed by atoms with Gasteiger partial charge in [-0.3, -0.25) is 0 Å². The van der Waals surface area contributed by atoms with Gasteiger partial charge < -0.3 is 14.6 Å². The number of fused-ring (bicyclic) bond motifs is 2. The van der Waals surface area contributed by atoms with Crippen molar-refractivity contribution in [1.29, 1.82) is 0 Å². The molecule has 140 valence electrons. The van der Waals surface area contributed by atoms with Crippen LogP contribution in [0.1, 0.15) is 42.5 Å². The summed E-state index contributed by atoms with van der Waals surface area (Å²) in [5.74, 6) is 0.371. The third kappa shape index (κ3) is 2.54. The third-order valence-electron chi connectivity index (χ3n) is 6.21. The third-order valence-corrected chi connectivity index (χ3v) is 6.21. The number of phenolic OH excluding ortho intramolecular Hbond substituents is 1. The van der Waals surface area contributed by atoms with E-state index in [1.54, 1.807) is 0 Å². The molecule has 1 N–H and O–H groups in total. The van der Waals surface area contributed by atoms with Crippen LogP contribution < -0.4 is 0 Å². The number of nitrogens with zero attached hydrogens (tertiary/aromatic N) is 5. The smallest absolute Gasteiger partial charge is 0.183 e. The number of aromatic hydroxyl groups is 1. The summed E-state index contributed by atoms with van der Waals surface area (Å²) in [5, 5.41) is 19.8. The van der Waals surface area contributed by atoms with Gasteiger partial charge in [0.15, 0.2) is 5.65 Å². The van der Waals surface area contributed by atoms with E-state index >= 15 is 0 Å². The maximum absolute atomic E-state index is 10.7. The summed E-state index contributed by atoms with van der Waals surface area (Å²) in [4.78, 5) is 7.08. The molecule has 0 spiro atoms. The van der Waals surface area contributed by atoms with Gasteiger partial charge in [0.25, 0.3) is 0 Å². The molecule has 0 amide bonds. The minimum atomic E-state index is 0.371. The van der Waals surface area contributed by atoms with Gasteiger partial charge in [0.05, 0.1) is 6.33 Å². The lowest BCUT2D eigenvalue weighted by molar-refractivity contribution is 0.214. The van der Waals surface area contributed by atoms with E-state index in [-0.39, 0.29) is 0 Å². The second-order valence-electron chi connectivity index (χ2n) is 7.86. The number of aromatic nitrogens is 4. The first-order valence-corrected chi connectivity index (χ1v) is 9.92. The predicted molar refractivity (Wildman–Crippen MR) is 105 cm³/mol. The van der Waals surface area contributed by atoms with E-state index in [0.717, 1.165) is 72.3 Å². The summed E-state index contributed by atoms with van der Waals surface area (Å²) < 4.78 is 2.19. The second-order valence-corrected chi connectivity index (χ2v) is 7.86. The van der Waals surface area contributed by atoms with Gasteiger partial charge in [-0.05, 0) is 62.9 Å². The number of imidazole rings is 1. The molecule has 3 aromatic rings. The fourth-order valence-corrected chi connectivity index (χ4v) is 4.59. The molecule has 0 unspecified atom stereocenters. The quantitative estimate of drug-likeness (QED) is 0.774. The highest BCUT2D eigenvalue weighted by atomic mass is 16.3. The normalized spacial score (nSPS) is 19.9. The predicted octanol–water partition coefficient (Wildman–Crippen LogP) is 3.13. The molecule has 6 heteroatoms. The maximum Gasteiger partial charge on any atom is 0.183 e. The van der Waals surface area contributed by atoms with Crippen LogP contribution in [0.4, 0.5) is 0 Å². The summed E-state index contributed by atoms with van der Waals surface area (Å²) in [6.07, 6.45) is 7.05. The van der Waals surface area contributed by atoms with Gasteiger partial charge in [-0.1, -0.05) is 13.0 Å². The lowest BCUT2D eigenvalue weighted by Gasteiger charge is -2.30. The number of piperidine rings is 1. The molecule has 1 saturated heterocycles. The van der Waals surface area contributed by atoms with Crippen molar-refractivity contribution < 1.29 is 5.11 Å². The number of likely N-dealkylation sites (N-methyl/N-ethyl adjacent to an activating group) is 1. The van der Waals surface area contributed by atoms with Crippen LogP contribution >= 0.6 is 0 Å². The molecule has 6 nitrogen and oxygen atoms in total. The van der Waals surface area contributed by atoms with Gasteiger partial charge >= 0.3 is 0 Å². The molecule has 2 aliphatic rings. The molecule has 0 radical (unpaired) electrons. The van der Waals surface area contributed by atoms with Crippen molar-refractivity contribution in [3.05, 3.63) is 35.2 Å². The fraction of sp³-hybridized carbons (Fsp3) is 0.476. The Hall–Kier alpha value is -2.47. The van der Waals surface area contributed by atoms with E-state index in [9.17, 15) is 5.11 Å². The van der Waals surface area contributed by atoms with Crippen LogP contribution in [0.15, 0.2) is 18.5 Å². The highest BCUT2D eigenvalue weighted by molar-refractivity contribution is 5.84. The van der Waals surface area contributed by atoms with Crippen LogP contribution in [0.25, 0.3) is 22.4 Å². The van der Waals surface area contributed by atoms with Crippen LogP contribution in [0, 0.1) is 0 Å². The van der Waals surface area contributed by atoms with Crippen LogP contribution in [-0.2, 0) is 19.3 Å². The lowest BCUT2D eigenvalue weighted by atomic mass is 9.85. The Labute approximate surface area is 158 Å². The van der Waals surface area contributed by atoms with E-state index in [4.69, 9.17) is 4.98 Å². The monoisotopic (exact) mass is 363 g/mol. The van der Waals surface area contributed by atoms with Crippen molar-refractivity contribution in [2.24, 2.45) is 0 Å². The van der Waals surface area contributed by atoms with Gasteiger partial charge in [-0.15, -0.1) is 10.2 Å². The zero-order chi connectivity index (χ0) is 18.5. The van der Waals surface area contributed by atoms with Gasteiger partial charge in [-0.25, -0.2) is 4.98 Å². The standard InChI is InChI=1S/C21H25N5O/c1-3-15-18(17-9-7-13-6-8-16(13)20(17)27)23-24-21-19(15)22-12-26(21)14-5-4-10-25(2)11-14/h7,9,12,14,27H,3-6,8,10-11H2,1-2H3/t14-/m1/s1. The number of aryl methyl sites for hydroxylation is 2. The molecule has 27 heavy (non-hydrogen) atoms. The number of benzene rings is 1. The maximum atomic E-state index is 10.7. The fourth-order valence-electron chi connectivity index (χ4n) is 4.59. The average molecular weight is 363 g/mol. The molecule has 0 bridgehead atoms. The highest BCUT2D eigenvalue weighted by Crippen LogP contribution is 2.40. The second kappa shape index (κ2) is 6.30. The van der Waals surface area contributed by atoms with Crippen LogP contribution in [0.3, 0.4) is 0 Å². The minimum absolute atomic E-state index is 0.371. The number of likely N-dealkylation sites (tertiary alicyclic amines) is 1. The van der Waals surface area contributed by atoms with E-state index in [0.29, 0.717) is 11.8 Å². The molecular formula is C21H25N5O. The van der Waals surface area contributed by atoms with Crippen molar-refractivity contribution in [3.8, 4) is 17.0 Å². The number of rotatable bonds is 3. The first-order valence-electron chi connectivity index (χ1n) is 9.92. The molecule has 3 heterocycles. The van der Waals surface area contributed by atoms with Gasteiger partial charge in [-0.2, -0.15) is 0 Å². The summed E-state index contributed by atoms with van der Waals surface area (Å²) in [5.41, 5.74) is 6.70. The number of hydrogen-bond acceptors (Lipinski definition) is 5. The highest BCUT2D eigenvalue weighted by Gasteiger charge is 2.26. The average Bonchev–Trinajstić information content (AvgIpc) is 3.07. The van der Waals surface area contributed by atoms with Gasteiger partial charge in [0.2, 0.25) is 0 Å². The zero-order valence-electron chi connectivity index (χ0n) is 15.9. The first-order chi connectivity index (χ1) is 13.2. The Morgan fingerprint density at radius 3 is 2.85 bits per heavy atom. The minimum Gasteiger partial charge on any atom is -0.507 e. The van der Waals surface area contributed by atoms with Gasteiger partial charge in [0.1, 0.15) is 17.0 Å². The SMILES string of the molecule is CCc1c(-c2ccc3c(c2O)CC3)nnc2c1ncn2[C@@H]1CCCN(C)C1. The van der Waals surface area contributed by atoms with Gasteiger partial charge in [0, 0.05) is 23.7 Å². The molecular weight excluding hydrogens is 338 g/mol. The zero-order valence-corrected chi connectivity index (χ0v) is 15.9. The van der Waals surface area contributed by atoms with E-state index in [1.165, 1.54) is 12.0 Å². The van der Waals surface area contributed by atoms with Crippen molar-refractivity contribution >= 4 is 11.2 Å².